The Morgan fingerprint density at radius 1 is 1.07 bits per heavy atom. The maximum atomic E-state index is 13.7. The zero-order valence-corrected chi connectivity index (χ0v) is 25.9. The monoisotopic (exact) mass is 643 g/mol. The Labute approximate surface area is 258 Å². The number of hydrogen-bond donors (Lipinski definition) is 1. The Balaban J connectivity index is 1.60. The van der Waals surface area contributed by atoms with Crippen LogP contribution < -0.4 is 14.5 Å². The normalized spacial score (nSPS) is 11.5. The number of benzene rings is 3. The molecule has 1 N–H and O–H groups in total. The van der Waals surface area contributed by atoms with E-state index >= 15 is 0 Å². The molecule has 11 nitrogen and oxygen atoms in total. The predicted molar refractivity (Wildman–Crippen MR) is 166 cm³/mol. The van der Waals surface area contributed by atoms with Crippen molar-refractivity contribution in [1.82, 2.24) is 9.99 Å². The van der Waals surface area contributed by atoms with Gasteiger partial charge >= 0.3 is 0 Å². The first-order chi connectivity index (χ1) is 20.3. The lowest BCUT2D eigenvalue weighted by Crippen LogP contribution is -2.39. The number of methoxy groups -OCH3 is 1. The van der Waals surface area contributed by atoms with Gasteiger partial charge in [-0.05, 0) is 75.4 Å². The Morgan fingerprint density at radius 3 is 2.40 bits per heavy atom. The van der Waals surface area contributed by atoms with Crippen LogP contribution in [0.3, 0.4) is 0 Å². The summed E-state index contributed by atoms with van der Waals surface area (Å²) in [6, 6.07) is 16.6. The van der Waals surface area contributed by atoms with Gasteiger partial charge in [0.15, 0.2) is 0 Å². The second-order valence-corrected chi connectivity index (χ2v) is 12.2. The van der Waals surface area contributed by atoms with Gasteiger partial charge in [0.1, 0.15) is 12.3 Å². The third-order valence-electron chi connectivity index (χ3n) is 6.63. The van der Waals surface area contributed by atoms with Gasteiger partial charge in [0.25, 0.3) is 21.6 Å². The highest BCUT2D eigenvalue weighted by Crippen LogP contribution is 2.30. The maximum absolute atomic E-state index is 13.7. The molecule has 0 unspecified atom stereocenters. The fraction of sp³-hybridized carbons (Fsp3) is 0.172. The van der Waals surface area contributed by atoms with Gasteiger partial charge in [0.05, 0.1) is 39.5 Å². The number of anilines is 1. The van der Waals surface area contributed by atoms with E-state index in [9.17, 15) is 23.3 Å². The molecule has 4 aromatic rings. The van der Waals surface area contributed by atoms with Crippen LogP contribution in [0.4, 0.5) is 11.4 Å². The van der Waals surface area contributed by atoms with Crippen LogP contribution in [0.2, 0.25) is 10.0 Å². The highest BCUT2D eigenvalue weighted by atomic mass is 35.5. The van der Waals surface area contributed by atoms with E-state index in [1.54, 1.807) is 18.2 Å². The van der Waals surface area contributed by atoms with Gasteiger partial charge in [0.2, 0.25) is 0 Å². The number of hydrogen-bond acceptors (Lipinski definition) is 7. The summed E-state index contributed by atoms with van der Waals surface area (Å²) in [7, 11) is -2.96. The SMILES string of the molecule is COc1ccc(N(CC(=O)N/N=C\c2cc(C)n(-c3ccc(Cl)cc3Cl)c2C)S(=O)(=O)c2ccc(C)c([N+](=O)[O-])c2)cc1. The van der Waals surface area contributed by atoms with Crippen molar-refractivity contribution in [2.45, 2.75) is 25.7 Å². The molecule has 1 heterocycles. The predicted octanol–water partition coefficient (Wildman–Crippen LogP) is 5.97. The van der Waals surface area contributed by atoms with Crippen molar-refractivity contribution >= 4 is 56.7 Å². The molecule has 1 aromatic heterocycles. The van der Waals surface area contributed by atoms with Gasteiger partial charge in [0, 0.05) is 33.6 Å². The number of nitro groups is 1. The molecule has 0 aliphatic rings. The Kier molecular flexibility index (Phi) is 9.43. The highest BCUT2D eigenvalue weighted by Gasteiger charge is 2.29. The van der Waals surface area contributed by atoms with Crippen molar-refractivity contribution in [2.24, 2.45) is 5.10 Å². The summed E-state index contributed by atoms with van der Waals surface area (Å²) in [5.74, 6) is -0.273. The molecule has 1 amide bonds. The van der Waals surface area contributed by atoms with Crippen LogP contribution in [0, 0.1) is 30.9 Å². The summed E-state index contributed by atoms with van der Waals surface area (Å²) < 4.78 is 35.3. The molecule has 0 spiro atoms. The number of carbonyl (C=O) groups excluding carboxylic acids is 1. The van der Waals surface area contributed by atoms with Crippen molar-refractivity contribution in [2.75, 3.05) is 18.0 Å². The lowest BCUT2D eigenvalue weighted by atomic mass is 10.2. The largest absolute Gasteiger partial charge is 0.497 e. The quantitative estimate of drug-likeness (QED) is 0.128. The van der Waals surface area contributed by atoms with Crippen LogP contribution in [-0.2, 0) is 14.8 Å². The zero-order chi connectivity index (χ0) is 31.5. The minimum absolute atomic E-state index is 0.145. The number of halogens is 2. The molecule has 0 saturated carbocycles. The van der Waals surface area contributed by atoms with E-state index in [1.165, 1.54) is 56.6 Å². The molecule has 0 aliphatic carbocycles. The second-order valence-electron chi connectivity index (χ2n) is 9.47. The fourth-order valence-corrected chi connectivity index (χ4v) is 6.36. The van der Waals surface area contributed by atoms with E-state index in [-0.39, 0.29) is 16.3 Å². The molecule has 0 aliphatic heterocycles. The number of nitrogens with zero attached hydrogens (tertiary/aromatic N) is 4. The van der Waals surface area contributed by atoms with Gasteiger partial charge < -0.3 is 9.30 Å². The third kappa shape index (κ3) is 6.82. The number of carbonyl (C=O) groups is 1. The van der Waals surface area contributed by atoms with Gasteiger partial charge in [-0.2, -0.15) is 5.10 Å². The van der Waals surface area contributed by atoms with E-state index in [0.717, 1.165) is 27.4 Å². The maximum Gasteiger partial charge on any atom is 0.273 e. The van der Waals surface area contributed by atoms with Gasteiger partial charge in [-0.1, -0.05) is 29.3 Å². The Hall–Kier alpha value is -4.39. The molecule has 14 heteroatoms. The summed E-state index contributed by atoms with van der Waals surface area (Å²) in [6.45, 7) is 4.59. The molecule has 0 fully saturated rings. The van der Waals surface area contributed by atoms with E-state index in [2.05, 4.69) is 10.5 Å². The van der Waals surface area contributed by atoms with E-state index < -0.39 is 27.4 Å². The molecule has 224 valence electrons. The number of rotatable bonds is 10. The lowest BCUT2D eigenvalue weighted by Gasteiger charge is -2.24. The van der Waals surface area contributed by atoms with Crippen LogP contribution in [0.25, 0.3) is 5.69 Å². The number of sulfonamides is 1. The second kappa shape index (κ2) is 12.9. The number of nitrogens with one attached hydrogen (secondary N) is 1. The van der Waals surface area contributed by atoms with Crippen LogP contribution >= 0.6 is 23.2 Å². The van der Waals surface area contributed by atoms with E-state index in [1.807, 2.05) is 24.5 Å². The summed E-state index contributed by atoms with van der Waals surface area (Å²) in [5, 5.41) is 16.5. The van der Waals surface area contributed by atoms with Crippen molar-refractivity contribution < 1.29 is 22.9 Å². The van der Waals surface area contributed by atoms with Crippen molar-refractivity contribution in [3.05, 3.63) is 109 Å². The number of nitro benzene ring substituents is 1. The van der Waals surface area contributed by atoms with Gasteiger partial charge in [-0.15, -0.1) is 0 Å². The van der Waals surface area contributed by atoms with Crippen molar-refractivity contribution in [1.29, 1.82) is 0 Å². The van der Waals surface area contributed by atoms with Crippen LogP contribution in [0.1, 0.15) is 22.5 Å². The fourth-order valence-electron chi connectivity index (χ4n) is 4.43. The standard InChI is InChI=1S/C29H27Cl2N5O6S/c1-18-5-11-25(15-28(18)36(38)39)43(40,41)34(23-7-9-24(42-4)10-8-23)17-29(37)33-32-16-21-13-19(2)35(20(21)3)27-12-6-22(30)14-26(27)31/h5-16H,17H2,1-4H3,(H,33,37)/b32-16-. The van der Waals surface area contributed by atoms with Crippen molar-refractivity contribution in [3.8, 4) is 11.4 Å². The molecular formula is C29H27Cl2N5O6S. The van der Waals surface area contributed by atoms with E-state index in [4.69, 9.17) is 27.9 Å². The minimum Gasteiger partial charge on any atom is -0.497 e. The number of aromatic nitrogens is 1. The molecular weight excluding hydrogens is 617 g/mol. The average molecular weight is 645 g/mol. The number of amides is 1. The lowest BCUT2D eigenvalue weighted by molar-refractivity contribution is -0.385. The van der Waals surface area contributed by atoms with Gasteiger partial charge in [-0.25, -0.2) is 13.8 Å². The zero-order valence-electron chi connectivity index (χ0n) is 23.5. The minimum atomic E-state index is -4.42. The van der Waals surface area contributed by atoms with Gasteiger partial charge in [-0.3, -0.25) is 19.2 Å². The summed E-state index contributed by atoms with van der Waals surface area (Å²) in [6.07, 6.45) is 1.44. The number of ether oxygens (including phenoxy) is 1. The topological polar surface area (TPSA) is 136 Å². The van der Waals surface area contributed by atoms with Crippen LogP contribution in [0.15, 0.2) is 76.7 Å². The van der Waals surface area contributed by atoms with E-state index in [0.29, 0.717) is 26.9 Å². The molecule has 0 radical (unpaired) electrons. The summed E-state index contributed by atoms with van der Waals surface area (Å²) in [4.78, 5) is 23.5. The van der Waals surface area contributed by atoms with Crippen LogP contribution in [-0.4, -0.2) is 43.7 Å². The first kappa shape index (κ1) is 31.5. The highest BCUT2D eigenvalue weighted by molar-refractivity contribution is 7.92. The average Bonchev–Trinajstić information content (AvgIpc) is 3.24. The smallest absolute Gasteiger partial charge is 0.273 e. The third-order valence-corrected chi connectivity index (χ3v) is 8.93. The first-order valence-corrected chi connectivity index (χ1v) is 14.9. The van der Waals surface area contributed by atoms with Crippen molar-refractivity contribution in [3.63, 3.8) is 0 Å². The summed E-state index contributed by atoms with van der Waals surface area (Å²) >= 11 is 12.4. The molecule has 3 aromatic carbocycles. The van der Waals surface area contributed by atoms with Crippen LogP contribution in [0.5, 0.6) is 5.75 Å². The Bertz CT molecular complexity index is 1840. The number of hydrazone groups is 1. The molecule has 4 rings (SSSR count). The Morgan fingerprint density at radius 2 is 1.77 bits per heavy atom. The summed E-state index contributed by atoms with van der Waals surface area (Å²) in [5.41, 5.74) is 5.52. The molecule has 43 heavy (non-hydrogen) atoms. The number of aryl methyl sites for hydroxylation is 2. The molecule has 0 saturated heterocycles. The first-order valence-electron chi connectivity index (χ1n) is 12.7. The molecule has 0 bridgehead atoms. The molecule has 0 atom stereocenters.